The molecule has 1 heterocycles. The average Bonchev–Trinajstić information content (AvgIpc) is 2.79. The summed E-state index contributed by atoms with van der Waals surface area (Å²) >= 11 is 3.94. The van der Waals surface area contributed by atoms with Gasteiger partial charge in [-0.2, -0.15) is 23.5 Å². The summed E-state index contributed by atoms with van der Waals surface area (Å²) in [6.07, 6.45) is 4.78. The molecule has 0 radical (unpaired) electrons. The van der Waals surface area contributed by atoms with Crippen molar-refractivity contribution in [1.82, 2.24) is 10.6 Å². The number of nitrogens with one attached hydrogen (secondary N) is 2. The van der Waals surface area contributed by atoms with Crippen LogP contribution in [0.3, 0.4) is 0 Å². The predicted molar refractivity (Wildman–Crippen MR) is 102 cm³/mol. The largest absolute Gasteiger partial charge is 0.357 e. The average molecular weight is 417 g/mol. The van der Waals surface area contributed by atoms with Gasteiger partial charge in [0.15, 0.2) is 5.96 Å². The van der Waals surface area contributed by atoms with Gasteiger partial charge in [-0.25, -0.2) is 0 Å². The normalized spacial score (nSPS) is 24.7. The van der Waals surface area contributed by atoms with Crippen molar-refractivity contribution >= 4 is 53.5 Å². The predicted octanol–water partition coefficient (Wildman–Crippen LogP) is 3.20. The van der Waals surface area contributed by atoms with E-state index in [1.54, 1.807) is 0 Å². The van der Waals surface area contributed by atoms with Crippen LogP contribution in [0.15, 0.2) is 4.99 Å². The molecule has 1 aliphatic heterocycles. The highest BCUT2D eigenvalue weighted by Crippen LogP contribution is 2.37. The van der Waals surface area contributed by atoms with E-state index in [-0.39, 0.29) is 24.0 Å². The van der Waals surface area contributed by atoms with Crippen LogP contribution in [0.25, 0.3) is 0 Å². The lowest BCUT2D eigenvalue weighted by molar-refractivity contribution is 0.614. The molecule has 0 aromatic heterocycles. The fourth-order valence-corrected chi connectivity index (χ4v) is 3.35. The summed E-state index contributed by atoms with van der Waals surface area (Å²) in [6, 6.07) is 0. The summed E-state index contributed by atoms with van der Waals surface area (Å²) in [7, 11) is 0. The molecule has 1 rings (SSSR count). The first-order chi connectivity index (χ1) is 8.59. The number of hydrogen-bond acceptors (Lipinski definition) is 3. The molecule has 2 N–H and O–H groups in total. The molecule has 2 atom stereocenters. The fourth-order valence-electron chi connectivity index (χ4n) is 1.87. The third-order valence-electron chi connectivity index (χ3n) is 3.18. The summed E-state index contributed by atoms with van der Waals surface area (Å²) in [4.78, 5) is 4.74. The minimum absolute atomic E-state index is 0. The van der Waals surface area contributed by atoms with E-state index in [1.165, 1.54) is 18.6 Å². The Hall–Kier alpha value is 0.700. The van der Waals surface area contributed by atoms with Gasteiger partial charge in [-0.1, -0.05) is 6.92 Å². The Balaban J connectivity index is 0.00000324. The Labute approximate surface area is 143 Å². The molecule has 0 aliphatic carbocycles. The number of halogens is 1. The quantitative estimate of drug-likeness (QED) is 0.395. The highest BCUT2D eigenvalue weighted by atomic mass is 127. The zero-order chi connectivity index (χ0) is 13.4. The second-order valence-electron chi connectivity index (χ2n) is 5.02. The van der Waals surface area contributed by atoms with Crippen molar-refractivity contribution in [2.45, 2.75) is 43.6 Å². The van der Waals surface area contributed by atoms with Crippen LogP contribution in [-0.2, 0) is 0 Å². The molecule has 1 saturated heterocycles. The number of thioether (sulfide) groups is 2. The monoisotopic (exact) mass is 417 g/mol. The number of aliphatic imine (C=N–C) groups is 1. The molecule has 0 saturated carbocycles. The van der Waals surface area contributed by atoms with Gasteiger partial charge in [-0.05, 0) is 38.7 Å². The van der Waals surface area contributed by atoms with Gasteiger partial charge in [0.05, 0.1) is 6.54 Å². The van der Waals surface area contributed by atoms with Crippen molar-refractivity contribution in [1.29, 1.82) is 0 Å². The molecule has 0 bridgehead atoms. The molecule has 0 aromatic carbocycles. The van der Waals surface area contributed by atoms with Crippen LogP contribution < -0.4 is 10.6 Å². The van der Waals surface area contributed by atoms with E-state index in [0.717, 1.165) is 25.6 Å². The van der Waals surface area contributed by atoms with Gasteiger partial charge in [0.2, 0.25) is 0 Å². The Bertz CT molecular complexity index is 269. The van der Waals surface area contributed by atoms with Crippen LogP contribution in [0.4, 0.5) is 0 Å². The third-order valence-corrected chi connectivity index (χ3v) is 5.67. The summed E-state index contributed by atoms with van der Waals surface area (Å²) in [5, 5.41) is 7.36. The SMILES string of the molecule is CCNC(=NCC1(C)CCCS1)NCC(C)SC.I. The van der Waals surface area contributed by atoms with Crippen LogP contribution in [0.5, 0.6) is 0 Å². The lowest BCUT2D eigenvalue weighted by atomic mass is 10.1. The van der Waals surface area contributed by atoms with Crippen molar-refractivity contribution in [2.24, 2.45) is 4.99 Å². The van der Waals surface area contributed by atoms with Gasteiger partial charge in [0.1, 0.15) is 0 Å². The van der Waals surface area contributed by atoms with E-state index in [4.69, 9.17) is 4.99 Å². The molecule has 114 valence electrons. The second kappa shape index (κ2) is 10.4. The molecular formula is C13H28IN3S2. The summed E-state index contributed by atoms with van der Waals surface area (Å²) in [5.74, 6) is 2.26. The Morgan fingerprint density at radius 1 is 1.47 bits per heavy atom. The smallest absolute Gasteiger partial charge is 0.191 e. The number of hydrogen-bond donors (Lipinski definition) is 2. The maximum Gasteiger partial charge on any atom is 0.191 e. The molecule has 2 unspecified atom stereocenters. The molecule has 6 heteroatoms. The van der Waals surface area contributed by atoms with Crippen molar-refractivity contribution < 1.29 is 0 Å². The van der Waals surface area contributed by atoms with E-state index in [9.17, 15) is 0 Å². The Morgan fingerprint density at radius 3 is 2.74 bits per heavy atom. The fraction of sp³-hybridized carbons (Fsp3) is 0.923. The molecule has 1 fully saturated rings. The van der Waals surface area contributed by atoms with Gasteiger partial charge < -0.3 is 10.6 Å². The van der Waals surface area contributed by atoms with Gasteiger partial charge >= 0.3 is 0 Å². The zero-order valence-electron chi connectivity index (χ0n) is 12.5. The maximum absolute atomic E-state index is 4.74. The minimum Gasteiger partial charge on any atom is -0.357 e. The molecular weight excluding hydrogens is 389 g/mol. The van der Waals surface area contributed by atoms with Crippen molar-refractivity contribution in [2.75, 3.05) is 31.6 Å². The van der Waals surface area contributed by atoms with E-state index in [1.807, 2.05) is 11.8 Å². The standard InChI is InChI=1S/C13H27N3S2.HI/c1-5-14-12(15-9-11(2)17-4)16-10-13(3)7-6-8-18-13;/h11H,5-10H2,1-4H3,(H2,14,15,16);1H. The summed E-state index contributed by atoms with van der Waals surface area (Å²) < 4.78 is 0.355. The van der Waals surface area contributed by atoms with Gasteiger partial charge in [-0.15, -0.1) is 24.0 Å². The lowest BCUT2D eigenvalue weighted by Gasteiger charge is -2.21. The van der Waals surface area contributed by atoms with Crippen LogP contribution >= 0.6 is 47.5 Å². The highest BCUT2D eigenvalue weighted by Gasteiger charge is 2.29. The second-order valence-corrected chi connectivity index (χ2v) is 7.98. The van der Waals surface area contributed by atoms with Crippen LogP contribution in [0.1, 0.15) is 33.6 Å². The Morgan fingerprint density at radius 2 is 2.21 bits per heavy atom. The first-order valence-electron chi connectivity index (χ1n) is 6.78. The zero-order valence-corrected chi connectivity index (χ0v) is 16.5. The maximum atomic E-state index is 4.74. The molecule has 19 heavy (non-hydrogen) atoms. The lowest BCUT2D eigenvalue weighted by Crippen LogP contribution is -2.41. The third kappa shape index (κ3) is 7.90. The van der Waals surface area contributed by atoms with Crippen LogP contribution in [-0.4, -0.2) is 47.6 Å². The topological polar surface area (TPSA) is 36.4 Å². The van der Waals surface area contributed by atoms with Gasteiger partial charge in [0.25, 0.3) is 0 Å². The molecule has 0 amide bonds. The van der Waals surface area contributed by atoms with Crippen LogP contribution in [0.2, 0.25) is 0 Å². The Kier molecular flexibility index (Phi) is 10.8. The molecule has 0 spiro atoms. The van der Waals surface area contributed by atoms with Gasteiger partial charge in [0, 0.05) is 23.1 Å². The molecule has 3 nitrogen and oxygen atoms in total. The van der Waals surface area contributed by atoms with E-state index in [2.05, 4.69) is 49.4 Å². The molecule has 0 aromatic rings. The first-order valence-corrected chi connectivity index (χ1v) is 9.06. The van der Waals surface area contributed by atoms with Crippen molar-refractivity contribution in [3.63, 3.8) is 0 Å². The van der Waals surface area contributed by atoms with E-state index >= 15 is 0 Å². The van der Waals surface area contributed by atoms with E-state index in [0.29, 0.717) is 10.00 Å². The number of guanidine groups is 1. The summed E-state index contributed by atoms with van der Waals surface area (Å²) in [5.41, 5.74) is 0. The van der Waals surface area contributed by atoms with Crippen molar-refractivity contribution in [3.8, 4) is 0 Å². The minimum atomic E-state index is 0. The molecule has 1 aliphatic rings. The van der Waals surface area contributed by atoms with Gasteiger partial charge in [-0.3, -0.25) is 4.99 Å². The highest BCUT2D eigenvalue weighted by molar-refractivity contribution is 14.0. The number of nitrogens with zero attached hydrogens (tertiary/aromatic N) is 1. The first kappa shape index (κ1) is 19.7. The van der Waals surface area contributed by atoms with Crippen LogP contribution in [0, 0.1) is 0 Å². The van der Waals surface area contributed by atoms with Crippen molar-refractivity contribution in [3.05, 3.63) is 0 Å². The van der Waals surface area contributed by atoms with E-state index < -0.39 is 0 Å². The number of rotatable bonds is 6. The summed E-state index contributed by atoms with van der Waals surface area (Å²) in [6.45, 7) is 9.49.